The van der Waals surface area contributed by atoms with E-state index in [2.05, 4.69) is 20.0 Å². The SMILES string of the molecule is Cc1noc(CN2CCN(c3ccc(C(F)(F)F)cn3)CC2)n1. The van der Waals surface area contributed by atoms with Gasteiger partial charge in [-0.3, -0.25) is 4.90 Å². The molecule has 1 aliphatic heterocycles. The van der Waals surface area contributed by atoms with Crippen LogP contribution in [0.2, 0.25) is 0 Å². The molecule has 124 valence electrons. The summed E-state index contributed by atoms with van der Waals surface area (Å²) in [6, 6.07) is 2.48. The van der Waals surface area contributed by atoms with Crippen molar-refractivity contribution in [3.8, 4) is 0 Å². The van der Waals surface area contributed by atoms with Gasteiger partial charge in [0, 0.05) is 32.4 Å². The molecule has 6 nitrogen and oxygen atoms in total. The highest BCUT2D eigenvalue weighted by atomic mass is 19.4. The normalized spacial score (nSPS) is 16.8. The van der Waals surface area contributed by atoms with Gasteiger partial charge in [-0.1, -0.05) is 5.16 Å². The molecule has 3 heterocycles. The third-order valence-electron chi connectivity index (χ3n) is 3.70. The average molecular weight is 327 g/mol. The standard InChI is InChI=1S/C14H16F3N5O/c1-10-19-13(23-20-10)9-21-4-6-22(7-5-21)12-3-2-11(8-18-12)14(15,16)17/h2-3,8H,4-7,9H2,1H3. The molecule has 0 radical (unpaired) electrons. The van der Waals surface area contributed by atoms with E-state index in [1.807, 2.05) is 4.90 Å². The summed E-state index contributed by atoms with van der Waals surface area (Å²) in [6.45, 7) is 5.22. The van der Waals surface area contributed by atoms with E-state index < -0.39 is 11.7 Å². The predicted molar refractivity (Wildman–Crippen MR) is 75.8 cm³/mol. The van der Waals surface area contributed by atoms with Gasteiger partial charge in [-0.15, -0.1) is 0 Å². The molecule has 0 bridgehead atoms. The van der Waals surface area contributed by atoms with Crippen molar-refractivity contribution in [3.63, 3.8) is 0 Å². The third-order valence-corrected chi connectivity index (χ3v) is 3.70. The Morgan fingerprint density at radius 1 is 1.17 bits per heavy atom. The molecule has 0 aromatic carbocycles. The predicted octanol–water partition coefficient (Wildman–Crippen LogP) is 2.11. The zero-order chi connectivity index (χ0) is 16.4. The molecule has 0 atom stereocenters. The zero-order valence-electron chi connectivity index (χ0n) is 12.5. The fourth-order valence-corrected chi connectivity index (χ4v) is 2.47. The maximum atomic E-state index is 12.5. The van der Waals surface area contributed by atoms with Gasteiger partial charge in [-0.2, -0.15) is 18.2 Å². The van der Waals surface area contributed by atoms with Crippen LogP contribution >= 0.6 is 0 Å². The van der Waals surface area contributed by atoms with E-state index in [0.29, 0.717) is 37.2 Å². The van der Waals surface area contributed by atoms with Crippen molar-refractivity contribution < 1.29 is 17.7 Å². The maximum Gasteiger partial charge on any atom is 0.417 e. The Kier molecular flexibility index (Phi) is 4.20. The molecule has 1 fully saturated rings. The Bertz CT molecular complexity index is 647. The monoisotopic (exact) mass is 327 g/mol. The molecular formula is C14H16F3N5O. The smallest absolute Gasteiger partial charge is 0.354 e. The second-order valence-electron chi connectivity index (χ2n) is 5.40. The third kappa shape index (κ3) is 3.79. The first-order valence-electron chi connectivity index (χ1n) is 7.21. The highest BCUT2D eigenvalue weighted by Gasteiger charge is 2.31. The summed E-state index contributed by atoms with van der Waals surface area (Å²) >= 11 is 0. The minimum atomic E-state index is -4.35. The number of aryl methyl sites for hydroxylation is 1. The van der Waals surface area contributed by atoms with E-state index in [0.717, 1.165) is 25.4 Å². The Balaban J connectivity index is 1.56. The van der Waals surface area contributed by atoms with Crippen molar-refractivity contribution in [3.05, 3.63) is 35.6 Å². The lowest BCUT2D eigenvalue weighted by Gasteiger charge is -2.34. The maximum absolute atomic E-state index is 12.5. The molecule has 2 aromatic rings. The number of aromatic nitrogens is 3. The number of halogens is 3. The van der Waals surface area contributed by atoms with Gasteiger partial charge in [-0.25, -0.2) is 4.98 Å². The van der Waals surface area contributed by atoms with Gasteiger partial charge in [0.15, 0.2) is 5.82 Å². The van der Waals surface area contributed by atoms with Crippen LogP contribution in [0.25, 0.3) is 0 Å². The second kappa shape index (κ2) is 6.15. The highest BCUT2D eigenvalue weighted by molar-refractivity contribution is 5.40. The molecule has 0 saturated carbocycles. The fraction of sp³-hybridized carbons (Fsp3) is 0.500. The van der Waals surface area contributed by atoms with Crippen LogP contribution in [0.4, 0.5) is 19.0 Å². The minimum absolute atomic E-state index is 0.561. The number of hydrogen-bond acceptors (Lipinski definition) is 6. The van der Waals surface area contributed by atoms with Crippen molar-refractivity contribution in [2.45, 2.75) is 19.6 Å². The molecule has 0 N–H and O–H groups in total. The second-order valence-corrected chi connectivity index (χ2v) is 5.40. The number of pyridine rings is 1. The van der Waals surface area contributed by atoms with Crippen LogP contribution in [0.5, 0.6) is 0 Å². The first kappa shape index (κ1) is 15.7. The molecule has 1 aliphatic rings. The Labute approximate surface area is 130 Å². The summed E-state index contributed by atoms with van der Waals surface area (Å²) in [7, 11) is 0. The van der Waals surface area contributed by atoms with Gasteiger partial charge < -0.3 is 9.42 Å². The van der Waals surface area contributed by atoms with E-state index in [-0.39, 0.29) is 0 Å². The first-order chi connectivity index (χ1) is 10.9. The Morgan fingerprint density at radius 3 is 2.43 bits per heavy atom. The zero-order valence-corrected chi connectivity index (χ0v) is 12.5. The average Bonchev–Trinajstić information content (AvgIpc) is 2.92. The van der Waals surface area contributed by atoms with E-state index in [1.165, 1.54) is 6.07 Å². The van der Waals surface area contributed by atoms with Crippen LogP contribution in [-0.2, 0) is 12.7 Å². The van der Waals surface area contributed by atoms with Crippen molar-refractivity contribution >= 4 is 5.82 Å². The number of nitrogens with zero attached hydrogens (tertiary/aromatic N) is 5. The molecular weight excluding hydrogens is 311 g/mol. The molecule has 1 saturated heterocycles. The van der Waals surface area contributed by atoms with Crippen LogP contribution in [0.15, 0.2) is 22.9 Å². The molecule has 0 spiro atoms. The van der Waals surface area contributed by atoms with Crippen LogP contribution < -0.4 is 4.90 Å². The molecule has 0 aliphatic carbocycles. The molecule has 23 heavy (non-hydrogen) atoms. The van der Waals surface area contributed by atoms with Crippen molar-refractivity contribution in [2.24, 2.45) is 0 Å². The largest absolute Gasteiger partial charge is 0.417 e. The number of anilines is 1. The van der Waals surface area contributed by atoms with Crippen molar-refractivity contribution in [1.82, 2.24) is 20.0 Å². The summed E-state index contributed by atoms with van der Waals surface area (Å²) in [6.07, 6.45) is -3.48. The molecule has 3 rings (SSSR count). The quantitative estimate of drug-likeness (QED) is 0.861. The summed E-state index contributed by atoms with van der Waals surface area (Å²) in [4.78, 5) is 12.2. The van der Waals surface area contributed by atoms with Gasteiger partial charge in [0.1, 0.15) is 5.82 Å². The highest BCUT2D eigenvalue weighted by Crippen LogP contribution is 2.29. The van der Waals surface area contributed by atoms with Crippen LogP contribution in [-0.4, -0.2) is 46.2 Å². The van der Waals surface area contributed by atoms with Gasteiger partial charge in [0.05, 0.1) is 12.1 Å². The van der Waals surface area contributed by atoms with E-state index in [1.54, 1.807) is 6.92 Å². The molecule has 0 amide bonds. The number of rotatable bonds is 3. The first-order valence-corrected chi connectivity index (χ1v) is 7.21. The van der Waals surface area contributed by atoms with Crippen LogP contribution in [0, 0.1) is 6.92 Å². The lowest BCUT2D eigenvalue weighted by atomic mass is 10.2. The number of alkyl halides is 3. The lowest BCUT2D eigenvalue weighted by Crippen LogP contribution is -2.46. The number of piperazine rings is 1. The molecule has 9 heteroatoms. The summed E-state index contributed by atoms with van der Waals surface area (Å²) < 4.78 is 42.7. The van der Waals surface area contributed by atoms with Gasteiger partial charge >= 0.3 is 6.18 Å². The van der Waals surface area contributed by atoms with E-state index in [9.17, 15) is 13.2 Å². The molecule has 0 unspecified atom stereocenters. The van der Waals surface area contributed by atoms with Gasteiger partial charge in [0.2, 0.25) is 5.89 Å². The van der Waals surface area contributed by atoms with E-state index in [4.69, 9.17) is 4.52 Å². The Morgan fingerprint density at radius 2 is 1.91 bits per heavy atom. The number of hydrogen-bond donors (Lipinski definition) is 0. The molecule has 2 aromatic heterocycles. The summed E-state index contributed by atoms with van der Waals surface area (Å²) in [5, 5.41) is 3.75. The van der Waals surface area contributed by atoms with Gasteiger partial charge in [-0.05, 0) is 19.1 Å². The lowest BCUT2D eigenvalue weighted by molar-refractivity contribution is -0.137. The van der Waals surface area contributed by atoms with Crippen LogP contribution in [0.3, 0.4) is 0 Å². The fourth-order valence-electron chi connectivity index (χ4n) is 2.47. The van der Waals surface area contributed by atoms with Crippen molar-refractivity contribution in [1.29, 1.82) is 0 Å². The summed E-state index contributed by atoms with van der Waals surface area (Å²) in [5.41, 5.74) is -0.730. The minimum Gasteiger partial charge on any atom is -0.354 e. The summed E-state index contributed by atoms with van der Waals surface area (Å²) in [5.74, 6) is 1.74. The van der Waals surface area contributed by atoms with Crippen LogP contribution in [0.1, 0.15) is 17.3 Å². The van der Waals surface area contributed by atoms with E-state index >= 15 is 0 Å². The topological polar surface area (TPSA) is 58.3 Å². The Hall–Kier alpha value is -2.16. The van der Waals surface area contributed by atoms with Crippen molar-refractivity contribution in [2.75, 3.05) is 31.1 Å². The van der Waals surface area contributed by atoms with Gasteiger partial charge in [0.25, 0.3) is 0 Å².